The van der Waals surface area contributed by atoms with Gasteiger partial charge in [0.05, 0.1) is 6.04 Å². The fraction of sp³-hybridized carbons (Fsp3) is 0.524. The van der Waals surface area contributed by atoms with Crippen molar-refractivity contribution in [3.8, 4) is 0 Å². The summed E-state index contributed by atoms with van der Waals surface area (Å²) in [5, 5.41) is 6.71. The number of carbonyl (C=O) groups excluding carboxylic acids is 1. The van der Waals surface area contributed by atoms with Crippen LogP contribution in [0.3, 0.4) is 0 Å². The maximum Gasteiger partial charge on any atom is 0.410 e. The van der Waals surface area contributed by atoms with E-state index in [9.17, 15) is 4.79 Å². The van der Waals surface area contributed by atoms with E-state index in [0.717, 1.165) is 19.0 Å². The van der Waals surface area contributed by atoms with E-state index in [4.69, 9.17) is 4.74 Å². The van der Waals surface area contributed by atoms with Gasteiger partial charge >= 0.3 is 6.09 Å². The summed E-state index contributed by atoms with van der Waals surface area (Å²) in [7, 11) is 1.76. The molecule has 2 heterocycles. The Morgan fingerprint density at radius 3 is 2.55 bits per heavy atom. The van der Waals surface area contributed by atoms with Crippen molar-refractivity contribution in [1.82, 2.24) is 15.5 Å². The highest BCUT2D eigenvalue weighted by molar-refractivity contribution is 14.0. The van der Waals surface area contributed by atoms with Crippen LogP contribution >= 0.6 is 24.0 Å². The molecule has 8 heteroatoms. The molecule has 1 fully saturated rings. The molecule has 1 amide bonds. The van der Waals surface area contributed by atoms with E-state index in [2.05, 4.69) is 56.9 Å². The second-order valence-corrected chi connectivity index (χ2v) is 8.20. The molecule has 2 aliphatic heterocycles. The molecule has 2 aliphatic rings. The number of benzene rings is 1. The molecule has 3 rings (SSSR count). The first-order valence-electron chi connectivity index (χ1n) is 9.78. The van der Waals surface area contributed by atoms with Crippen LogP contribution in [0.25, 0.3) is 0 Å². The number of nitrogens with one attached hydrogen (secondary N) is 2. The van der Waals surface area contributed by atoms with Gasteiger partial charge in [-0.15, -0.1) is 24.0 Å². The Morgan fingerprint density at radius 1 is 1.24 bits per heavy atom. The number of likely N-dealkylation sites (tertiary alicyclic amines) is 1. The summed E-state index contributed by atoms with van der Waals surface area (Å²) in [4.78, 5) is 20.3. The number of amides is 1. The summed E-state index contributed by atoms with van der Waals surface area (Å²) in [5.74, 6) is 0.738. The molecular formula is C21H32IN5O2. The maximum atomic E-state index is 12.0. The molecule has 0 spiro atoms. The Bertz CT molecular complexity index is 746. The summed E-state index contributed by atoms with van der Waals surface area (Å²) in [6.45, 7) is 9.49. The van der Waals surface area contributed by atoms with E-state index < -0.39 is 5.60 Å². The van der Waals surface area contributed by atoms with Gasteiger partial charge in [-0.25, -0.2) is 4.79 Å². The fourth-order valence-corrected chi connectivity index (χ4v) is 3.17. The number of halogens is 1. The number of ether oxygens (including phenoxy) is 1. The first-order chi connectivity index (χ1) is 13.3. The standard InChI is InChI=1S/C21H31N5O2.HI/c1-21(2,3)28-20(27)26-14-17(15-26)24-19(22-4)23-13-16-8-7-9-18(12-16)25-10-5-6-11-25;/h5-9,12,17H,10-11,13-15H2,1-4H3,(H2,22,23,24);1H. The van der Waals surface area contributed by atoms with Crippen LogP contribution in [0.5, 0.6) is 0 Å². The SMILES string of the molecule is CN=C(NCc1cccc(N2CC=CC2)c1)NC1CN(C(=O)OC(C)(C)C)C1.I. The molecule has 1 aromatic rings. The molecule has 7 nitrogen and oxygen atoms in total. The smallest absolute Gasteiger partial charge is 0.410 e. The Labute approximate surface area is 190 Å². The topological polar surface area (TPSA) is 69.2 Å². The normalized spacial score (nSPS) is 16.9. The number of hydrogen-bond donors (Lipinski definition) is 2. The van der Waals surface area contributed by atoms with Gasteiger partial charge in [0.15, 0.2) is 5.96 Å². The van der Waals surface area contributed by atoms with Crippen molar-refractivity contribution in [2.45, 2.75) is 39.0 Å². The van der Waals surface area contributed by atoms with E-state index in [-0.39, 0.29) is 36.1 Å². The number of rotatable bonds is 4. The van der Waals surface area contributed by atoms with Gasteiger partial charge in [-0.2, -0.15) is 0 Å². The molecule has 0 bridgehead atoms. The number of guanidine groups is 1. The van der Waals surface area contributed by atoms with Crippen LogP contribution in [0.1, 0.15) is 26.3 Å². The average Bonchev–Trinajstić information content (AvgIpc) is 3.13. The lowest BCUT2D eigenvalue weighted by Gasteiger charge is -2.40. The molecule has 29 heavy (non-hydrogen) atoms. The summed E-state index contributed by atoms with van der Waals surface area (Å²) in [6.07, 6.45) is 4.12. The molecule has 0 atom stereocenters. The van der Waals surface area contributed by atoms with Gasteiger partial charge in [0, 0.05) is 45.5 Å². The molecule has 0 unspecified atom stereocenters. The van der Waals surface area contributed by atoms with E-state index in [1.165, 1.54) is 11.3 Å². The number of aliphatic imine (C=N–C) groups is 1. The minimum absolute atomic E-state index is 0. The minimum atomic E-state index is -0.465. The molecule has 0 aliphatic carbocycles. The first-order valence-corrected chi connectivity index (χ1v) is 9.78. The second kappa shape index (κ2) is 10.2. The third-order valence-electron chi connectivity index (χ3n) is 4.65. The van der Waals surface area contributed by atoms with Crippen LogP contribution in [0.4, 0.5) is 10.5 Å². The van der Waals surface area contributed by atoms with Crippen LogP contribution in [0.15, 0.2) is 41.4 Å². The number of hydrogen-bond acceptors (Lipinski definition) is 4. The van der Waals surface area contributed by atoms with E-state index in [0.29, 0.717) is 19.6 Å². The molecular weight excluding hydrogens is 481 g/mol. The Kier molecular flexibility index (Phi) is 8.18. The largest absolute Gasteiger partial charge is 0.444 e. The van der Waals surface area contributed by atoms with Crippen molar-refractivity contribution in [3.63, 3.8) is 0 Å². The van der Waals surface area contributed by atoms with Crippen LogP contribution in [-0.4, -0.2) is 61.8 Å². The van der Waals surface area contributed by atoms with Crippen LogP contribution in [0.2, 0.25) is 0 Å². The van der Waals surface area contributed by atoms with Gasteiger partial charge in [0.2, 0.25) is 0 Å². The zero-order chi connectivity index (χ0) is 20.1. The van der Waals surface area contributed by atoms with E-state index in [1.807, 2.05) is 20.8 Å². The van der Waals surface area contributed by atoms with E-state index in [1.54, 1.807) is 11.9 Å². The monoisotopic (exact) mass is 513 g/mol. The van der Waals surface area contributed by atoms with Gasteiger partial charge in [-0.05, 0) is 38.5 Å². The minimum Gasteiger partial charge on any atom is -0.444 e. The fourth-order valence-electron chi connectivity index (χ4n) is 3.17. The van der Waals surface area contributed by atoms with Gasteiger partial charge in [0.25, 0.3) is 0 Å². The van der Waals surface area contributed by atoms with Crippen molar-refractivity contribution in [3.05, 3.63) is 42.0 Å². The summed E-state index contributed by atoms with van der Waals surface area (Å²) in [6, 6.07) is 8.73. The van der Waals surface area contributed by atoms with Gasteiger partial charge < -0.3 is 25.2 Å². The van der Waals surface area contributed by atoms with Gasteiger partial charge in [0.1, 0.15) is 5.60 Å². The average molecular weight is 513 g/mol. The third kappa shape index (κ3) is 6.80. The highest BCUT2D eigenvalue weighted by Crippen LogP contribution is 2.18. The lowest BCUT2D eigenvalue weighted by Crippen LogP contribution is -2.63. The summed E-state index contributed by atoms with van der Waals surface area (Å²) >= 11 is 0. The van der Waals surface area contributed by atoms with Crippen LogP contribution in [-0.2, 0) is 11.3 Å². The highest BCUT2D eigenvalue weighted by Gasteiger charge is 2.34. The zero-order valence-electron chi connectivity index (χ0n) is 17.6. The highest BCUT2D eigenvalue weighted by atomic mass is 127. The molecule has 0 aromatic heterocycles. The molecule has 0 radical (unpaired) electrons. The maximum absolute atomic E-state index is 12.0. The summed E-state index contributed by atoms with van der Waals surface area (Å²) in [5.41, 5.74) is 1.97. The third-order valence-corrected chi connectivity index (χ3v) is 4.65. The van der Waals surface area contributed by atoms with E-state index >= 15 is 0 Å². The number of carbonyl (C=O) groups is 1. The summed E-state index contributed by atoms with van der Waals surface area (Å²) < 4.78 is 5.38. The molecule has 0 saturated carbocycles. The lowest BCUT2D eigenvalue weighted by molar-refractivity contribution is 0.00701. The van der Waals surface area contributed by atoms with Gasteiger partial charge in [-0.3, -0.25) is 4.99 Å². The Morgan fingerprint density at radius 2 is 1.93 bits per heavy atom. The Balaban J connectivity index is 0.00000300. The van der Waals surface area contributed by atoms with Crippen LogP contribution < -0.4 is 15.5 Å². The lowest BCUT2D eigenvalue weighted by atomic mass is 10.1. The predicted molar refractivity (Wildman–Crippen MR) is 128 cm³/mol. The van der Waals surface area contributed by atoms with Crippen molar-refractivity contribution in [2.75, 3.05) is 38.1 Å². The quantitative estimate of drug-likeness (QED) is 0.281. The van der Waals surface area contributed by atoms with Crippen molar-refractivity contribution in [1.29, 1.82) is 0 Å². The molecule has 1 saturated heterocycles. The molecule has 1 aromatic carbocycles. The Hall–Kier alpha value is -1.97. The molecule has 160 valence electrons. The first kappa shape index (κ1) is 23.3. The number of nitrogens with zero attached hydrogens (tertiary/aromatic N) is 3. The van der Waals surface area contributed by atoms with Crippen LogP contribution in [0, 0.1) is 0 Å². The predicted octanol–water partition coefficient (Wildman–Crippen LogP) is 2.97. The second-order valence-electron chi connectivity index (χ2n) is 8.20. The van der Waals surface area contributed by atoms with Crippen molar-refractivity contribution < 1.29 is 9.53 Å². The van der Waals surface area contributed by atoms with Gasteiger partial charge in [-0.1, -0.05) is 24.3 Å². The van der Waals surface area contributed by atoms with Crippen molar-refractivity contribution >= 4 is 41.7 Å². The number of anilines is 1. The zero-order valence-corrected chi connectivity index (χ0v) is 20.0. The molecule has 2 N–H and O–H groups in total. The van der Waals surface area contributed by atoms with Crippen molar-refractivity contribution in [2.24, 2.45) is 4.99 Å².